The van der Waals surface area contributed by atoms with Crippen LogP contribution in [0.5, 0.6) is 0 Å². The zero-order chi connectivity index (χ0) is 20.6. The van der Waals surface area contributed by atoms with Gasteiger partial charge in [0.1, 0.15) is 5.56 Å². The molecule has 0 saturated heterocycles. The first-order valence-corrected chi connectivity index (χ1v) is 9.09. The van der Waals surface area contributed by atoms with Gasteiger partial charge in [0.25, 0.3) is 0 Å². The summed E-state index contributed by atoms with van der Waals surface area (Å²) in [4.78, 5) is 28.8. The van der Waals surface area contributed by atoms with Crippen LogP contribution in [-0.2, 0) is 6.54 Å². The third-order valence-electron chi connectivity index (χ3n) is 4.47. The maximum Gasteiger partial charge on any atom is 0.341 e. The number of nitrogens with zero attached hydrogens (tertiary/aromatic N) is 2. The van der Waals surface area contributed by atoms with Crippen LogP contribution in [0.4, 0.5) is 4.39 Å². The van der Waals surface area contributed by atoms with E-state index in [0.717, 1.165) is 6.07 Å². The van der Waals surface area contributed by atoms with Crippen LogP contribution in [0, 0.1) is 12.9 Å². The molecule has 0 radical (unpaired) electrons. The quantitative estimate of drug-likeness (QED) is 0.599. The highest BCUT2D eigenvalue weighted by Gasteiger charge is 2.25. The standard InChI is InChI=1S/C20H15Cl2FN2O3/c1-3-25-10(2)16(12-5-7-15(23)24-9-12)19(26)17(20(27)28)18(25)11-4-6-13(21)14(22)8-11/h4-9H,3H2,1-2H3,(H,27,28). The van der Waals surface area contributed by atoms with Crippen molar-refractivity contribution in [2.24, 2.45) is 0 Å². The van der Waals surface area contributed by atoms with Crippen molar-refractivity contribution in [2.45, 2.75) is 20.4 Å². The van der Waals surface area contributed by atoms with Gasteiger partial charge in [0.2, 0.25) is 11.4 Å². The van der Waals surface area contributed by atoms with Crippen molar-refractivity contribution < 1.29 is 14.3 Å². The van der Waals surface area contributed by atoms with Crippen LogP contribution in [0.1, 0.15) is 23.0 Å². The van der Waals surface area contributed by atoms with Crippen LogP contribution < -0.4 is 5.43 Å². The Morgan fingerprint density at radius 1 is 1.18 bits per heavy atom. The first-order chi connectivity index (χ1) is 13.3. The predicted octanol–water partition coefficient (Wildman–Crippen LogP) is 5.05. The number of halogens is 3. The first-order valence-electron chi connectivity index (χ1n) is 8.34. The van der Waals surface area contributed by atoms with Crippen molar-refractivity contribution in [3.63, 3.8) is 0 Å². The van der Waals surface area contributed by atoms with Crippen molar-refractivity contribution in [3.05, 3.63) is 74.0 Å². The van der Waals surface area contributed by atoms with Crippen molar-refractivity contribution in [1.29, 1.82) is 0 Å². The maximum absolute atomic E-state index is 13.2. The van der Waals surface area contributed by atoms with Crippen LogP contribution in [0.2, 0.25) is 10.0 Å². The topological polar surface area (TPSA) is 72.2 Å². The van der Waals surface area contributed by atoms with E-state index in [9.17, 15) is 19.1 Å². The SMILES string of the molecule is CCn1c(C)c(-c2ccc(F)nc2)c(=O)c(C(=O)O)c1-c1ccc(Cl)c(Cl)c1. The summed E-state index contributed by atoms with van der Waals surface area (Å²) in [7, 11) is 0. The molecule has 1 N–H and O–H groups in total. The number of carboxylic acids is 1. The van der Waals surface area contributed by atoms with E-state index >= 15 is 0 Å². The molecular weight excluding hydrogens is 406 g/mol. The molecule has 0 aliphatic heterocycles. The number of hydrogen-bond acceptors (Lipinski definition) is 3. The number of carbonyl (C=O) groups is 1. The van der Waals surface area contributed by atoms with Crippen LogP contribution in [0.3, 0.4) is 0 Å². The lowest BCUT2D eigenvalue weighted by Gasteiger charge is -2.21. The summed E-state index contributed by atoms with van der Waals surface area (Å²) < 4.78 is 14.9. The molecule has 144 valence electrons. The van der Waals surface area contributed by atoms with Gasteiger partial charge in [-0.2, -0.15) is 4.39 Å². The van der Waals surface area contributed by atoms with E-state index in [1.807, 2.05) is 6.92 Å². The Hall–Kier alpha value is -2.70. The normalized spacial score (nSPS) is 10.9. The van der Waals surface area contributed by atoms with Gasteiger partial charge in [0.05, 0.1) is 21.3 Å². The molecule has 5 nitrogen and oxygen atoms in total. The van der Waals surface area contributed by atoms with Crippen LogP contribution in [0.25, 0.3) is 22.4 Å². The number of rotatable bonds is 4. The van der Waals surface area contributed by atoms with Crippen molar-refractivity contribution in [3.8, 4) is 22.4 Å². The Morgan fingerprint density at radius 2 is 1.86 bits per heavy atom. The van der Waals surface area contributed by atoms with Gasteiger partial charge < -0.3 is 9.67 Å². The van der Waals surface area contributed by atoms with Gasteiger partial charge in [-0.1, -0.05) is 29.3 Å². The summed E-state index contributed by atoms with van der Waals surface area (Å²) in [6.07, 6.45) is 1.21. The van der Waals surface area contributed by atoms with Gasteiger partial charge in [-0.25, -0.2) is 9.78 Å². The van der Waals surface area contributed by atoms with Crippen LogP contribution in [-0.4, -0.2) is 20.6 Å². The molecule has 0 bridgehead atoms. The molecule has 2 heterocycles. The third kappa shape index (κ3) is 3.41. The summed E-state index contributed by atoms with van der Waals surface area (Å²) >= 11 is 12.1. The summed E-state index contributed by atoms with van der Waals surface area (Å²) in [6.45, 7) is 3.93. The Bertz CT molecular complexity index is 1140. The minimum atomic E-state index is -1.37. The number of aromatic carboxylic acids is 1. The number of pyridine rings is 2. The van der Waals surface area contributed by atoms with E-state index in [-0.39, 0.29) is 16.3 Å². The molecule has 0 atom stereocenters. The second-order valence-electron chi connectivity index (χ2n) is 6.06. The Kier molecular flexibility index (Phi) is 5.54. The molecule has 0 unspecified atom stereocenters. The van der Waals surface area contributed by atoms with E-state index in [1.165, 1.54) is 18.3 Å². The molecule has 0 aliphatic rings. The van der Waals surface area contributed by atoms with Gasteiger partial charge in [-0.3, -0.25) is 4.79 Å². The molecular formula is C20H15Cl2FN2O3. The summed E-state index contributed by atoms with van der Waals surface area (Å²) in [5, 5.41) is 10.4. The monoisotopic (exact) mass is 420 g/mol. The molecule has 2 aromatic heterocycles. The molecule has 0 amide bonds. The number of carboxylic acid groups (broad SMARTS) is 1. The molecule has 3 rings (SSSR count). The fraction of sp³-hybridized carbons (Fsp3) is 0.150. The van der Waals surface area contributed by atoms with E-state index in [0.29, 0.717) is 28.4 Å². The van der Waals surface area contributed by atoms with Crippen LogP contribution >= 0.6 is 23.2 Å². The predicted molar refractivity (Wildman–Crippen MR) is 107 cm³/mol. The van der Waals surface area contributed by atoms with E-state index < -0.39 is 22.9 Å². The first kappa shape index (κ1) is 20.0. The summed E-state index contributed by atoms with van der Waals surface area (Å²) in [5.74, 6) is -2.06. The Balaban J connectivity index is 2.44. The summed E-state index contributed by atoms with van der Waals surface area (Å²) in [6, 6.07) is 7.20. The lowest BCUT2D eigenvalue weighted by molar-refractivity contribution is 0.0695. The van der Waals surface area contributed by atoms with Gasteiger partial charge in [-0.05, 0) is 38.1 Å². The minimum absolute atomic E-state index is 0.163. The van der Waals surface area contributed by atoms with Crippen LogP contribution in [0.15, 0.2) is 41.3 Å². The lowest BCUT2D eigenvalue weighted by atomic mass is 9.97. The molecule has 0 aliphatic carbocycles. The zero-order valence-corrected chi connectivity index (χ0v) is 16.5. The fourth-order valence-electron chi connectivity index (χ4n) is 3.24. The highest BCUT2D eigenvalue weighted by atomic mass is 35.5. The van der Waals surface area contributed by atoms with Gasteiger partial charge >= 0.3 is 5.97 Å². The second kappa shape index (κ2) is 7.73. The lowest BCUT2D eigenvalue weighted by Crippen LogP contribution is -2.25. The summed E-state index contributed by atoms with van der Waals surface area (Å²) in [5.41, 5.74) is 0.652. The molecule has 3 aromatic rings. The van der Waals surface area contributed by atoms with Gasteiger partial charge in [0.15, 0.2) is 0 Å². The third-order valence-corrected chi connectivity index (χ3v) is 5.21. The highest BCUT2D eigenvalue weighted by molar-refractivity contribution is 6.42. The second-order valence-corrected chi connectivity index (χ2v) is 6.88. The van der Waals surface area contributed by atoms with Gasteiger partial charge in [0, 0.05) is 29.6 Å². The largest absolute Gasteiger partial charge is 0.477 e. The molecule has 0 saturated carbocycles. The van der Waals surface area contributed by atoms with Crippen molar-refractivity contribution >= 4 is 29.2 Å². The number of benzene rings is 1. The Morgan fingerprint density at radius 3 is 2.39 bits per heavy atom. The maximum atomic E-state index is 13.2. The van der Waals surface area contributed by atoms with Gasteiger partial charge in [-0.15, -0.1) is 0 Å². The molecule has 0 fully saturated rings. The minimum Gasteiger partial charge on any atom is -0.477 e. The van der Waals surface area contributed by atoms with Crippen molar-refractivity contribution in [2.75, 3.05) is 0 Å². The number of hydrogen-bond donors (Lipinski definition) is 1. The average molecular weight is 421 g/mol. The number of aromatic nitrogens is 2. The molecule has 0 spiro atoms. The highest BCUT2D eigenvalue weighted by Crippen LogP contribution is 2.32. The fourth-order valence-corrected chi connectivity index (χ4v) is 3.53. The van der Waals surface area contributed by atoms with E-state index in [2.05, 4.69) is 4.98 Å². The molecule has 28 heavy (non-hydrogen) atoms. The molecule has 1 aromatic carbocycles. The van der Waals surface area contributed by atoms with E-state index in [4.69, 9.17) is 23.2 Å². The van der Waals surface area contributed by atoms with E-state index in [1.54, 1.807) is 23.6 Å². The smallest absolute Gasteiger partial charge is 0.341 e. The van der Waals surface area contributed by atoms with Crippen molar-refractivity contribution in [1.82, 2.24) is 9.55 Å². The zero-order valence-electron chi connectivity index (χ0n) is 15.0. The molecule has 8 heteroatoms. The Labute approximate surface area is 170 Å². The average Bonchev–Trinajstić information content (AvgIpc) is 2.64.